The van der Waals surface area contributed by atoms with Crippen molar-refractivity contribution in [3.8, 4) is 0 Å². The Morgan fingerprint density at radius 1 is 1.10 bits per heavy atom. The molecule has 0 aliphatic carbocycles. The third-order valence-electron chi connectivity index (χ3n) is 3.72. The van der Waals surface area contributed by atoms with E-state index in [0.29, 0.717) is 0 Å². The Hall–Kier alpha value is -1.71. The van der Waals surface area contributed by atoms with Crippen LogP contribution in [0.4, 0.5) is 0 Å². The molecule has 106 valence electrons. The molecule has 0 spiro atoms. The van der Waals surface area contributed by atoms with Crippen LogP contribution in [0, 0.1) is 0 Å². The van der Waals surface area contributed by atoms with Crippen LogP contribution in [0.25, 0.3) is 10.9 Å². The number of pyridine rings is 1. The van der Waals surface area contributed by atoms with Crippen LogP contribution < -0.4 is 5.73 Å². The SMILES string of the molecule is CCc1cccc(C(N)c2nc3ccccc3cc2Br)c1. The van der Waals surface area contributed by atoms with Gasteiger partial charge in [-0.25, -0.2) is 4.98 Å². The van der Waals surface area contributed by atoms with Crippen LogP contribution in [-0.2, 0) is 6.42 Å². The van der Waals surface area contributed by atoms with Gasteiger partial charge in [-0.2, -0.15) is 0 Å². The lowest BCUT2D eigenvalue weighted by Gasteiger charge is -2.15. The van der Waals surface area contributed by atoms with Gasteiger partial charge in [0, 0.05) is 9.86 Å². The van der Waals surface area contributed by atoms with Crippen molar-refractivity contribution in [3.05, 3.63) is 75.9 Å². The van der Waals surface area contributed by atoms with Gasteiger partial charge in [0.2, 0.25) is 0 Å². The fourth-order valence-electron chi connectivity index (χ4n) is 2.49. The lowest BCUT2D eigenvalue weighted by atomic mass is 10.00. The second kappa shape index (κ2) is 5.96. The fourth-order valence-corrected chi connectivity index (χ4v) is 3.07. The van der Waals surface area contributed by atoms with Gasteiger partial charge in [0.25, 0.3) is 0 Å². The Balaban J connectivity index is 2.08. The number of para-hydroxylation sites is 1. The normalized spacial score (nSPS) is 12.5. The van der Waals surface area contributed by atoms with E-state index >= 15 is 0 Å². The summed E-state index contributed by atoms with van der Waals surface area (Å²) in [5, 5.41) is 1.11. The van der Waals surface area contributed by atoms with Gasteiger partial charge in [0.15, 0.2) is 0 Å². The molecule has 3 heteroatoms. The van der Waals surface area contributed by atoms with E-state index in [1.54, 1.807) is 0 Å². The lowest BCUT2D eigenvalue weighted by molar-refractivity contribution is 0.826. The van der Waals surface area contributed by atoms with Crippen LogP contribution in [0.15, 0.2) is 59.1 Å². The number of fused-ring (bicyclic) bond motifs is 1. The number of hydrogen-bond acceptors (Lipinski definition) is 2. The van der Waals surface area contributed by atoms with Gasteiger partial charge in [-0.15, -0.1) is 0 Å². The molecule has 0 fully saturated rings. The highest BCUT2D eigenvalue weighted by Crippen LogP contribution is 2.28. The molecule has 1 heterocycles. The Morgan fingerprint density at radius 3 is 2.71 bits per heavy atom. The molecular formula is C18H17BrN2. The van der Waals surface area contributed by atoms with Crippen molar-refractivity contribution in [1.82, 2.24) is 4.98 Å². The average molecular weight is 341 g/mol. The number of hydrogen-bond donors (Lipinski definition) is 1. The Kier molecular flexibility index (Phi) is 4.04. The minimum absolute atomic E-state index is 0.226. The summed E-state index contributed by atoms with van der Waals surface area (Å²) in [6.07, 6.45) is 1.01. The third-order valence-corrected chi connectivity index (χ3v) is 4.35. The zero-order chi connectivity index (χ0) is 14.8. The minimum atomic E-state index is -0.226. The van der Waals surface area contributed by atoms with Gasteiger partial charge in [-0.05, 0) is 45.6 Å². The Labute approximate surface area is 133 Å². The first-order chi connectivity index (χ1) is 10.2. The van der Waals surface area contributed by atoms with Crippen LogP contribution in [0.2, 0.25) is 0 Å². The molecule has 0 amide bonds. The molecular weight excluding hydrogens is 324 g/mol. The molecule has 3 aromatic rings. The standard InChI is InChI=1S/C18H17BrN2/c1-2-12-6-5-8-14(10-12)17(20)18-15(19)11-13-7-3-4-9-16(13)21-18/h3-11,17H,2,20H2,1H3. The average Bonchev–Trinajstić information content (AvgIpc) is 2.53. The molecule has 2 nitrogen and oxygen atoms in total. The first kappa shape index (κ1) is 14.2. The summed E-state index contributed by atoms with van der Waals surface area (Å²) in [5.74, 6) is 0. The molecule has 0 radical (unpaired) electrons. The maximum Gasteiger partial charge on any atom is 0.0765 e. The van der Waals surface area contributed by atoms with Crippen molar-refractivity contribution in [3.63, 3.8) is 0 Å². The summed E-state index contributed by atoms with van der Waals surface area (Å²) in [7, 11) is 0. The maximum absolute atomic E-state index is 6.44. The molecule has 1 unspecified atom stereocenters. The largest absolute Gasteiger partial charge is 0.319 e. The second-order valence-electron chi connectivity index (χ2n) is 5.12. The van der Waals surface area contributed by atoms with Gasteiger partial charge < -0.3 is 5.73 Å². The van der Waals surface area contributed by atoms with E-state index in [2.05, 4.69) is 59.3 Å². The highest BCUT2D eigenvalue weighted by Gasteiger charge is 2.15. The molecule has 21 heavy (non-hydrogen) atoms. The number of nitrogens with zero attached hydrogens (tertiary/aromatic N) is 1. The van der Waals surface area contributed by atoms with Crippen LogP contribution >= 0.6 is 15.9 Å². The third kappa shape index (κ3) is 2.85. The van der Waals surface area contributed by atoms with E-state index in [0.717, 1.165) is 33.1 Å². The highest BCUT2D eigenvalue weighted by molar-refractivity contribution is 9.10. The first-order valence-electron chi connectivity index (χ1n) is 7.08. The van der Waals surface area contributed by atoms with E-state index in [4.69, 9.17) is 10.7 Å². The molecule has 0 aliphatic heterocycles. The number of nitrogens with two attached hydrogens (primary N) is 1. The van der Waals surface area contributed by atoms with E-state index in [9.17, 15) is 0 Å². The fraction of sp³-hybridized carbons (Fsp3) is 0.167. The first-order valence-corrected chi connectivity index (χ1v) is 7.88. The molecule has 1 atom stereocenters. The van der Waals surface area contributed by atoms with Crippen molar-refractivity contribution < 1.29 is 0 Å². The topological polar surface area (TPSA) is 38.9 Å². The number of aryl methyl sites for hydroxylation is 1. The second-order valence-corrected chi connectivity index (χ2v) is 5.98. The van der Waals surface area contributed by atoms with Crippen LogP contribution in [0.3, 0.4) is 0 Å². The van der Waals surface area contributed by atoms with Gasteiger partial charge in [0.05, 0.1) is 17.3 Å². The van der Waals surface area contributed by atoms with Gasteiger partial charge in [-0.3, -0.25) is 0 Å². The molecule has 1 aromatic heterocycles. The van der Waals surface area contributed by atoms with Gasteiger partial charge in [-0.1, -0.05) is 49.4 Å². The molecule has 0 saturated heterocycles. The summed E-state index contributed by atoms with van der Waals surface area (Å²) >= 11 is 3.61. The van der Waals surface area contributed by atoms with Gasteiger partial charge >= 0.3 is 0 Å². The van der Waals surface area contributed by atoms with Crippen LogP contribution in [-0.4, -0.2) is 4.98 Å². The Bertz CT molecular complexity index is 783. The van der Waals surface area contributed by atoms with Crippen molar-refractivity contribution in [2.24, 2.45) is 5.73 Å². The molecule has 0 aliphatic rings. The summed E-state index contributed by atoms with van der Waals surface area (Å²) < 4.78 is 0.954. The zero-order valence-electron chi connectivity index (χ0n) is 11.9. The summed E-state index contributed by atoms with van der Waals surface area (Å²) in [6.45, 7) is 2.15. The van der Waals surface area contributed by atoms with Crippen molar-refractivity contribution >= 4 is 26.8 Å². The Morgan fingerprint density at radius 2 is 1.90 bits per heavy atom. The van der Waals surface area contributed by atoms with Crippen LogP contribution in [0.1, 0.15) is 29.8 Å². The van der Waals surface area contributed by atoms with E-state index in [1.807, 2.05) is 18.2 Å². The smallest absolute Gasteiger partial charge is 0.0765 e. The summed E-state index contributed by atoms with van der Waals surface area (Å²) in [6, 6.07) is 18.3. The van der Waals surface area contributed by atoms with Gasteiger partial charge in [0.1, 0.15) is 0 Å². The van der Waals surface area contributed by atoms with Crippen molar-refractivity contribution in [2.45, 2.75) is 19.4 Å². The highest BCUT2D eigenvalue weighted by atomic mass is 79.9. The molecule has 0 saturated carbocycles. The maximum atomic E-state index is 6.44. The molecule has 2 N–H and O–H groups in total. The zero-order valence-corrected chi connectivity index (χ0v) is 13.5. The summed E-state index contributed by atoms with van der Waals surface area (Å²) in [5.41, 5.74) is 10.7. The molecule has 0 bridgehead atoms. The molecule has 2 aromatic carbocycles. The van der Waals surface area contributed by atoms with E-state index in [1.165, 1.54) is 5.56 Å². The van der Waals surface area contributed by atoms with E-state index < -0.39 is 0 Å². The number of aromatic nitrogens is 1. The van der Waals surface area contributed by atoms with Crippen LogP contribution in [0.5, 0.6) is 0 Å². The minimum Gasteiger partial charge on any atom is -0.319 e. The quantitative estimate of drug-likeness (QED) is 0.756. The van der Waals surface area contributed by atoms with Crippen molar-refractivity contribution in [1.29, 1.82) is 0 Å². The monoisotopic (exact) mass is 340 g/mol. The van der Waals surface area contributed by atoms with Crippen molar-refractivity contribution in [2.75, 3.05) is 0 Å². The molecule has 3 rings (SSSR count). The predicted octanol–water partition coefficient (Wildman–Crippen LogP) is 4.61. The number of benzene rings is 2. The predicted molar refractivity (Wildman–Crippen MR) is 91.3 cm³/mol. The lowest BCUT2D eigenvalue weighted by Crippen LogP contribution is -2.14. The van der Waals surface area contributed by atoms with E-state index in [-0.39, 0.29) is 6.04 Å². The number of rotatable bonds is 3. The summed E-state index contributed by atoms with van der Waals surface area (Å²) in [4.78, 5) is 4.73. The number of halogens is 1.